The molecule has 0 aromatic carbocycles. The zero-order valence-corrected chi connectivity index (χ0v) is 9.04. The van der Waals surface area contributed by atoms with Gasteiger partial charge in [-0.3, -0.25) is 4.79 Å². The van der Waals surface area contributed by atoms with Crippen LogP contribution in [-0.4, -0.2) is 36.8 Å². The van der Waals surface area contributed by atoms with Crippen molar-refractivity contribution < 1.29 is 9.90 Å². The minimum absolute atomic E-state index is 0.136. The lowest BCUT2D eigenvalue weighted by Crippen LogP contribution is -2.44. The molecule has 0 bridgehead atoms. The molecule has 1 amide bonds. The van der Waals surface area contributed by atoms with E-state index in [9.17, 15) is 9.90 Å². The van der Waals surface area contributed by atoms with Gasteiger partial charge < -0.3 is 15.7 Å². The third-order valence-corrected chi connectivity index (χ3v) is 3.44. The van der Waals surface area contributed by atoms with E-state index in [0.717, 1.165) is 38.9 Å². The van der Waals surface area contributed by atoms with Crippen LogP contribution < -0.4 is 10.6 Å². The van der Waals surface area contributed by atoms with Crippen molar-refractivity contribution in [2.45, 2.75) is 31.8 Å². The van der Waals surface area contributed by atoms with Gasteiger partial charge >= 0.3 is 0 Å². The van der Waals surface area contributed by atoms with Crippen molar-refractivity contribution in [1.29, 1.82) is 0 Å². The molecule has 86 valence electrons. The fourth-order valence-electron chi connectivity index (χ4n) is 2.32. The summed E-state index contributed by atoms with van der Waals surface area (Å²) in [6, 6.07) is 0. The summed E-state index contributed by atoms with van der Waals surface area (Å²) in [5, 5.41) is 15.5. The third kappa shape index (κ3) is 3.18. The van der Waals surface area contributed by atoms with Crippen LogP contribution in [0.3, 0.4) is 0 Å². The Morgan fingerprint density at radius 3 is 2.67 bits per heavy atom. The molecule has 1 heterocycles. The number of nitrogens with one attached hydrogen (secondary N) is 2. The smallest absolute Gasteiger partial charge is 0.220 e. The Morgan fingerprint density at radius 1 is 1.33 bits per heavy atom. The molecular weight excluding hydrogens is 192 g/mol. The largest absolute Gasteiger partial charge is 0.393 e. The van der Waals surface area contributed by atoms with Crippen molar-refractivity contribution in [1.82, 2.24) is 10.6 Å². The molecule has 1 saturated heterocycles. The predicted octanol–water partition coefficient (Wildman–Crippen LogP) is -0.127. The van der Waals surface area contributed by atoms with Crippen molar-refractivity contribution in [2.75, 3.05) is 19.6 Å². The number of hydrogen-bond acceptors (Lipinski definition) is 3. The maximum absolute atomic E-state index is 11.5. The topological polar surface area (TPSA) is 61.4 Å². The SMILES string of the molecule is O=C(CC1CNC1)NCC1CCC(O)C1. The third-order valence-electron chi connectivity index (χ3n) is 3.44. The average Bonchev–Trinajstić information content (AvgIpc) is 2.55. The van der Waals surface area contributed by atoms with E-state index in [4.69, 9.17) is 0 Å². The molecule has 1 aliphatic carbocycles. The van der Waals surface area contributed by atoms with Gasteiger partial charge in [-0.05, 0) is 44.2 Å². The molecule has 0 aromatic heterocycles. The van der Waals surface area contributed by atoms with Gasteiger partial charge in [0.05, 0.1) is 6.10 Å². The van der Waals surface area contributed by atoms with Crippen LogP contribution in [0.5, 0.6) is 0 Å². The molecule has 0 spiro atoms. The first-order valence-electron chi connectivity index (χ1n) is 5.89. The monoisotopic (exact) mass is 212 g/mol. The Morgan fingerprint density at radius 2 is 2.13 bits per heavy atom. The molecule has 3 N–H and O–H groups in total. The number of aliphatic hydroxyl groups is 1. The number of carbonyl (C=O) groups excluding carboxylic acids is 1. The van der Waals surface area contributed by atoms with Crippen LogP contribution in [0.15, 0.2) is 0 Å². The molecule has 2 rings (SSSR count). The molecule has 2 fully saturated rings. The van der Waals surface area contributed by atoms with Crippen LogP contribution in [0, 0.1) is 11.8 Å². The summed E-state index contributed by atoms with van der Waals surface area (Å²) in [5.41, 5.74) is 0. The summed E-state index contributed by atoms with van der Waals surface area (Å²) < 4.78 is 0. The standard InChI is InChI=1S/C11H20N2O2/c14-10-2-1-8(3-10)7-13-11(15)4-9-5-12-6-9/h8-10,12,14H,1-7H2,(H,13,15). The highest BCUT2D eigenvalue weighted by molar-refractivity contribution is 5.76. The quantitative estimate of drug-likeness (QED) is 0.608. The van der Waals surface area contributed by atoms with E-state index in [2.05, 4.69) is 10.6 Å². The maximum atomic E-state index is 11.5. The van der Waals surface area contributed by atoms with Crippen molar-refractivity contribution in [2.24, 2.45) is 11.8 Å². The Kier molecular flexibility index (Phi) is 3.59. The number of amides is 1. The normalized spacial score (nSPS) is 31.3. The molecule has 4 heteroatoms. The molecule has 0 radical (unpaired) electrons. The average molecular weight is 212 g/mol. The second-order valence-corrected chi connectivity index (χ2v) is 4.87. The van der Waals surface area contributed by atoms with E-state index >= 15 is 0 Å². The lowest BCUT2D eigenvalue weighted by atomic mass is 9.99. The minimum atomic E-state index is -0.136. The van der Waals surface area contributed by atoms with E-state index in [-0.39, 0.29) is 12.0 Å². The van der Waals surface area contributed by atoms with Crippen LogP contribution in [0.1, 0.15) is 25.7 Å². The van der Waals surface area contributed by atoms with Gasteiger partial charge in [-0.25, -0.2) is 0 Å². The van der Waals surface area contributed by atoms with Crippen LogP contribution in [0.4, 0.5) is 0 Å². The van der Waals surface area contributed by atoms with Gasteiger partial charge in [-0.2, -0.15) is 0 Å². The Labute approximate surface area is 90.4 Å². The molecule has 0 aromatic rings. The Hall–Kier alpha value is -0.610. The van der Waals surface area contributed by atoms with E-state index in [1.807, 2.05) is 0 Å². The number of hydrogen-bond donors (Lipinski definition) is 3. The molecule has 2 atom stereocenters. The molecule has 1 saturated carbocycles. The minimum Gasteiger partial charge on any atom is -0.393 e. The second-order valence-electron chi connectivity index (χ2n) is 4.87. The van der Waals surface area contributed by atoms with Gasteiger partial charge in [0.15, 0.2) is 0 Å². The van der Waals surface area contributed by atoms with E-state index in [0.29, 0.717) is 18.3 Å². The zero-order valence-electron chi connectivity index (χ0n) is 9.04. The summed E-state index contributed by atoms with van der Waals surface area (Å²) >= 11 is 0. The van der Waals surface area contributed by atoms with E-state index in [1.165, 1.54) is 0 Å². The highest BCUT2D eigenvalue weighted by atomic mass is 16.3. The predicted molar refractivity (Wildman–Crippen MR) is 57.3 cm³/mol. The fraction of sp³-hybridized carbons (Fsp3) is 0.909. The van der Waals surface area contributed by atoms with E-state index < -0.39 is 0 Å². The van der Waals surface area contributed by atoms with Crippen LogP contribution in [0.25, 0.3) is 0 Å². The van der Waals surface area contributed by atoms with Crippen molar-refractivity contribution >= 4 is 5.91 Å². The molecule has 4 nitrogen and oxygen atoms in total. The van der Waals surface area contributed by atoms with Gasteiger partial charge in [0.1, 0.15) is 0 Å². The summed E-state index contributed by atoms with van der Waals surface area (Å²) in [6.07, 6.45) is 3.32. The summed E-state index contributed by atoms with van der Waals surface area (Å²) in [6.45, 7) is 2.71. The van der Waals surface area contributed by atoms with Gasteiger partial charge in [0, 0.05) is 13.0 Å². The van der Waals surface area contributed by atoms with Crippen LogP contribution >= 0.6 is 0 Å². The van der Waals surface area contributed by atoms with Crippen LogP contribution in [-0.2, 0) is 4.79 Å². The lowest BCUT2D eigenvalue weighted by molar-refractivity contribution is -0.122. The number of carbonyl (C=O) groups is 1. The van der Waals surface area contributed by atoms with Gasteiger partial charge in [0.2, 0.25) is 5.91 Å². The van der Waals surface area contributed by atoms with Crippen molar-refractivity contribution in [3.63, 3.8) is 0 Å². The zero-order chi connectivity index (χ0) is 10.7. The number of rotatable bonds is 4. The van der Waals surface area contributed by atoms with Crippen molar-refractivity contribution in [3.05, 3.63) is 0 Å². The summed E-state index contributed by atoms with van der Waals surface area (Å²) in [5.74, 6) is 1.20. The van der Waals surface area contributed by atoms with Gasteiger partial charge in [0.25, 0.3) is 0 Å². The first kappa shape index (κ1) is 10.9. The first-order valence-corrected chi connectivity index (χ1v) is 5.89. The molecule has 2 aliphatic rings. The molecule has 2 unspecified atom stereocenters. The first-order chi connectivity index (χ1) is 7.24. The van der Waals surface area contributed by atoms with Crippen molar-refractivity contribution in [3.8, 4) is 0 Å². The lowest BCUT2D eigenvalue weighted by Gasteiger charge is -2.26. The van der Waals surface area contributed by atoms with Gasteiger partial charge in [-0.15, -0.1) is 0 Å². The second kappa shape index (κ2) is 4.94. The van der Waals surface area contributed by atoms with Gasteiger partial charge in [-0.1, -0.05) is 0 Å². The van der Waals surface area contributed by atoms with Crippen LogP contribution in [0.2, 0.25) is 0 Å². The Balaban J connectivity index is 1.58. The molecule has 15 heavy (non-hydrogen) atoms. The maximum Gasteiger partial charge on any atom is 0.220 e. The summed E-state index contributed by atoms with van der Waals surface area (Å²) in [7, 11) is 0. The number of aliphatic hydroxyl groups excluding tert-OH is 1. The summed E-state index contributed by atoms with van der Waals surface area (Å²) in [4.78, 5) is 11.5. The fourth-order valence-corrected chi connectivity index (χ4v) is 2.32. The molecular formula is C11H20N2O2. The highest BCUT2D eigenvalue weighted by Gasteiger charge is 2.24. The molecule has 1 aliphatic heterocycles. The Bertz CT molecular complexity index is 229. The highest BCUT2D eigenvalue weighted by Crippen LogP contribution is 2.24. The van der Waals surface area contributed by atoms with E-state index in [1.54, 1.807) is 0 Å².